The summed E-state index contributed by atoms with van der Waals surface area (Å²) in [7, 11) is 0. The Kier molecular flexibility index (Phi) is 4.27. The number of rotatable bonds is 2. The van der Waals surface area contributed by atoms with Gasteiger partial charge in [-0.25, -0.2) is 18.7 Å². The molecule has 29 heavy (non-hydrogen) atoms. The summed E-state index contributed by atoms with van der Waals surface area (Å²) >= 11 is 0. The average molecular weight is 400 g/mol. The number of alkyl halides is 3. The van der Waals surface area contributed by atoms with Gasteiger partial charge in [0.25, 0.3) is 0 Å². The molecule has 0 fully saturated rings. The van der Waals surface area contributed by atoms with Gasteiger partial charge in [-0.15, -0.1) is 0 Å². The normalized spacial score (nSPS) is 11.6. The second-order valence-electron chi connectivity index (χ2n) is 6.12. The Hall–Kier alpha value is -3.80. The monoisotopic (exact) mass is 400 g/mol. The lowest BCUT2D eigenvalue weighted by Gasteiger charge is -2.10. The minimum atomic E-state index is -4.60. The topological polar surface area (TPSA) is 54.0 Å². The van der Waals surface area contributed by atoms with Gasteiger partial charge in [-0.05, 0) is 36.4 Å². The number of hydrogen-bond donors (Lipinski definition) is 0. The van der Waals surface area contributed by atoms with Crippen LogP contribution in [0, 0.1) is 23.0 Å². The van der Waals surface area contributed by atoms with Crippen molar-refractivity contribution in [2.45, 2.75) is 6.18 Å². The molecule has 0 radical (unpaired) electrons. The van der Waals surface area contributed by atoms with E-state index in [0.717, 1.165) is 24.3 Å². The number of halogens is 5. The molecule has 0 bridgehead atoms. The van der Waals surface area contributed by atoms with E-state index in [1.807, 2.05) is 6.07 Å². The molecule has 0 saturated heterocycles. The second kappa shape index (κ2) is 6.67. The number of hydrogen-bond acceptors (Lipinski definition) is 3. The molecule has 144 valence electrons. The van der Waals surface area contributed by atoms with Gasteiger partial charge in [-0.3, -0.25) is 4.40 Å². The number of fused-ring (bicyclic) bond motifs is 1. The van der Waals surface area contributed by atoms with Crippen molar-refractivity contribution in [3.8, 4) is 28.5 Å². The quantitative estimate of drug-likeness (QED) is 0.433. The van der Waals surface area contributed by atoms with Crippen molar-refractivity contribution in [2.24, 2.45) is 0 Å². The van der Waals surface area contributed by atoms with Crippen LogP contribution in [0.3, 0.4) is 0 Å². The van der Waals surface area contributed by atoms with Crippen LogP contribution >= 0.6 is 0 Å². The zero-order valence-electron chi connectivity index (χ0n) is 14.4. The first-order chi connectivity index (χ1) is 13.8. The first kappa shape index (κ1) is 18.6. The van der Waals surface area contributed by atoms with E-state index in [-0.39, 0.29) is 22.5 Å². The zero-order chi connectivity index (χ0) is 20.8. The molecular weight excluding hydrogens is 391 g/mol. The van der Waals surface area contributed by atoms with Crippen LogP contribution in [0.25, 0.3) is 28.2 Å². The van der Waals surface area contributed by atoms with Crippen LogP contribution in [0.2, 0.25) is 0 Å². The van der Waals surface area contributed by atoms with Crippen molar-refractivity contribution in [3.05, 3.63) is 77.8 Å². The molecule has 0 aliphatic carbocycles. The van der Waals surface area contributed by atoms with Crippen LogP contribution < -0.4 is 0 Å². The molecule has 0 aliphatic rings. The van der Waals surface area contributed by atoms with Crippen LogP contribution in [0.15, 0.2) is 54.9 Å². The van der Waals surface area contributed by atoms with Crippen molar-refractivity contribution >= 4 is 5.78 Å². The highest BCUT2D eigenvalue weighted by atomic mass is 19.4. The van der Waals surface area contributed by atoms with E-state index in [4.69, 9.17) is 0 Å². The maximum absolute atomic E-state index is 14.4. The summed E-state index contributed by atoms with van der Waals surface area (Å²) in [5.41, 5.74) is -0.0669. The summed E-state index contributed by atoms with van der Waals surface area (Å²) < 4.78 is 67.7. The number of imidazole rings is 1. The molecule has 4 nitrogen and oxygen atoms in total. The van der Waals surface area contributed by atoms with Crippen molar-refractivity contribution in [1.82, 2.24) is 14.4 Å². The summed E-state index contributed by atoms with van der Waals surface area (Å²) in [6, 6.07) is 10.0. The van der Waals surface area contributed by atoms with E-state index in [2.05, 4.69) is 9.97 Å². The first-order valence-corrected chi connectivity index (χ1v) is 8.19. The summed E-state index contributed by atoms with van der Waals surface area (Å²) in [5.74, 6) is -1.43. The van der Waals surface area contributed by atoms with Gasteiger partial charge in [0.1, 0.15) is 17.3 Å². The molecule has 0 saturated carbocycles. The number of nitrogens with zero attached hydrogens (tertiary/aromatic N) is 4. The van der Waals surface area contributed by atoms with Crippen molar-refractivity contribution in [3.63, 3.8) is 0 Å². The molecule has 2 aromatic heterocycles. The lowest BCUT2D eigenvalue weighted by molar-refractivity contribution is -0.141. The molecular formula is C20H9F5N4. The number of nitriles is 1. The summed E-state index contributed by atoms with van der Waals surface area (Å²) in [6.07, 6.45) is -2.11. The predicted octanol–water partition coefficient (Wildman–Crippen LogP) is 5.23. The molecule has 2 aromatic carbocycles. The van der Waals surface area contributed by atoms with Gasteiger partial charge < -0.3 is 0 Å². The highest BCUT2D eigenvalue weighted by Gasteiger charge is 2.33. The summed E-state index contributed by atoms with van der Waals surface area (Å²) in [5, 5.41) is 9.23. The van der Waals surface area contributed by atoms with Gasteiger partial charge in [-0.1, -0.05) is 6.07 Å². The van der Waals surface area contributed by atoms with Gasteiger partial charge in [0.15, 0.2) is 0 Å². The van der Waals surface area contributed by atoms with E-state index in [1.54, 1.807) is 0 Å². The Balaban J connectivity index is 1.86. The zero-order valence-corrected chi connectivity index (χ0v) is 14.4. The summed E-state index contributed by atoms with van der Waals surface area (Å²) in [4.78, 5) is 7.39. The molecule has 4 rings (SSSR count). The maximum atomic E-state index is 14.4. The van der Waals surface area contributed by atoms with E-state index < -0.39 is 23.5 Å². The van der Waals surface area contributed by atoms with Crippen molar-refractivity contribution in [2.75, 3.05) is 0 Å². The molecule has 0 aliphatic heterocycles. The SMILES string of the molecule is N#Cc1cc(F)ccc1-c1cc(-c2cnc3nc(C(F)(F)F)ccn23)ccc1F. The maximum Gasteiger partial charge on any atom is 0.433 e. The van der Waals surface area contributed by atoms with Crippen LogP contribution in [0.1, 0.15) is 11.3 Å². The number of benzene rings is 2. The summed E-state index contributed by atoms with van der Waals surface area (Å²) in [6.45, 7) is 0. The van der Waals surface area contributed by atoms with E-state index in [9.17, 15) is 27.2 Å². The Labute approximate surface area is 160 Å². The fourth-order valence-corrected chi connectivity index (χ4v) is 2.98. The molecule has 0 atom stereocenters. The Morgan fingerprint density at radius 3 is 2.48 bits per heavy atom. The van der Waals surface area contributed by atoms with Crippen LogP contribution in [-0.4, -0.2) is 14.4 Å². The Bertz CT molecular complexity index is 1280. The van der Waals surface area contributed by atoms with Gasteiger partial charge in [0, 0.05) is 22.9 Å². The third kappa shape index (κ3) is 3.29. The minimum Gasteiger partial charge on any atom is -0.284 e. The van der Waals surface area contributed by atoms with E-state index in [0.29, 0.717) is 11.3 Å². The molecule has 4 aromatic rings. The molecule has 2 heterocycles. The van der Waals surface area contributed by atoms with Crippen molar-refractivity contribution < 1.29 is 22.0 Å². The largest absolute Gasteiger partial charge is 0.433 e. The third-order valence-electron chi connectivity index (χ3n) is 4.32. The minimum absolute atomic E-state index is 0.0457. The number of aromatic nitrogens is 3. The lowest BCUT2D eigenvalue weighted by atomic mass is 9.97. The van der Waals surface area contributed by atoms with Gasteiger partial charge in [0.05, 0.1) is 23.5 Å². The van der Waals surface area contributed by atoms with Gasteiger partial charge in [0.2, 0.25) is 5.78 Å². The average Bonchev–Trinajstić information content (AvgIpc) is 3.11. The van der Waals surface area contributed by atoms with Crippen LogP contribution in [0.4, 0.5) is 22.0 Å². The van der Waals surface area contributed by atoms with Gasteiger partial charge in [-0.2, -0.15) is 18.4 Å². The first-order valence-electron chi connectivity index (χ1n) is 8.19. The molecule has 0 unspecified atom stereocenters. The highest BCUT2D eigenvalue weighted by molar-refractivity contribution is 5.76. The van der Waals surface area contributed by atoms with Crippen molar-refractivity contribution in [1.29, 1.82) is 5.26 Å². The molecule has 0 N–H and O–H groups in total. The molecule has 0 spiro atoms. The fraction of sp³-hybridized carbons (Fsp3) is 0.0500. The van der Waals surface area contributed by atoms with Crippen LogP contribution in [0.5, 0.6) is 0 Å². The van der Waals surface area contributed by atoms with Gasteiger partial charge >= 0.3 is 6.18 Å². The highest BCUT2D eigenvalue weighted by Crippen LogP contribution is 2.32. The smallest absolute Gasteiger partial charge is 0.284 e. The standard InChI is InChI=1S/C20H9F5N4/c21-13-2-3-14(12(7-13)9-26)15-8-11(1-4-16(15)22)17-10-27-19-28-18(20(23,24)25)5-6-29(17)19/h1-8,10H. The lowest BCUT2D eigenvalue weighted by Crippen LogP contribution is -2.09. The Morgan fingerprint density at radius 2 is 1.76 bits per heavy atom. The van der Waals surface area contributed by atoms with E-state index in [1.165, 1.54) is 35.0 Å². The Morgan fingerprint density at radius 1 is 0.966 bits per heavy atom. The molecule has 0 amide bonds. The van der Waals surface area contributed by atoms with E-state index >= 15 is 0 Å². The second-order valence-corrected chi connectivity index (χ2v) is 6.12. The van der Waals surface area contributed by atoms with Crippen LogP contribution in [-0.2, 0) is 6.18 Å². The molecule has 9 heteroatoms. The fourth-order valence-electron chi connectivity index (χ4n) is 2.98. The predicted molar refractivity (Wildman–Crippen MR) is 93.5 cm³/mol. The third-order valence-corrected chi connectivity index (χ3v) is 4.32.